The van der Waals surface area contributed by atoms with E-state index in [0.717, 1.165) is 0 Å². The van der Waals surface area contributed by atoms with E-state index in [2.05, 4.69) is 10.3 Å². The molecule has 5 heteroatoms. The lowest BCUT2D eigenvalue weighted by atomic mass is 9.96. The van der Waals surface area contributed by atoms with Gasteiger partial charge in [-0.25, -0.2) is 4.98 Å². The molecule has 1 amide bonds. The average molecular weight is 221 g/mol. The third-order valence-corrected chi connectivity index (χ3v) is 2.00. The second-order valence-corrected chi connectivity index (χ2v) is 4.02. The number of amides is 1. The van der Waals surface area contributed by atoms with Gasteiger partial charge in [-0.15, -0.1) is 0 Å². The Morgan fingerprint density at radius 3 is 2.94 bits per heavy atom. The zero-order valence-corrected chi connectivity index (χ0v) is 9.12. The third-order valence-electron chi connectivity index (χ3n) is 2.00. The Hall–Kier alpha value is -1.96. The van der Waals surface area contributed by atoms with Crippen molar-refractivity contribution in [2.24, 2.45) is 5.41 Å². The summed E-state index contributed by atoms with van der Waals surface area (Å²) in [6.07, 6.45) is 1.27. The summed E-state index contributed by atoms with van der Waals surface area (Å²) in [4.78, 5) is 14.9. The quantitative estimate of drug-likeness (QED) is 0.786. The Bertz CT molecular complexity index is 437. The lowest BCUT2D eigenvalue weighted by Crippen LogP contribution is -2.33. The number of pyridine rings is 1. The predicted octanol–water partition coefficient (Wildman–Crippen LogP) is 1.50. The van der Waals surface area contributed by atoms with Crippen molar-refractivity contribution >= 4 is 5.91 Å². The molecule has 0 aliphatic heterocycles. The number of aromatic nitrogens is 1. The van der Waals surface area contributed by atoms with E-state index in [-0.39, 0.29) is 12.1 Å². The van der Waals surface area contributed by atoms with Crippen LogP contribution in [0.2, 0.25) is 0 Å². The van der Waals surface area contributed by atoms with Crippen molar-refractivity contribution in [2.45, 2.75) is 13.8 Å². The van der Waals surface area contributed by atoms with Crippen molar-refractivity contribution in [1.29, 1.82) is 5.26 Å². The lowest BCUT2D eigenvalue weighted by Gasteiger charge is -2.15. The summed E-state index contributed by atoms with van der Waals surface area (Å²) in [5.41, 5.74) is -0.787. The molecule has 0 aromatic carbocycles. The number of nitriles is 1. The minimum Gasteiger partial charge on any atom is -0.350 e. The van der Waals surface area contributed by atoms with E-state index in [1.807, 2.05) is 6.07 Å². The molecule has 1 rings (SSSR count). The Labute approximate surface area is 93.1 Å². The van der Waals surface area contributed by atoms with Gasteiger partial charge < -0.3 is 5.32 Å². The average Bonchev–Trinajstić information content (AvgIpc) is 2.27. The monoisotopic (exact) mass is 221 g/mol. The van der Waals surface area contributed by atoms with Gasteiger partial charge in [0.25, 0.3) is 5.91 Å². The van der Waals surface area contributed by atoms with E-state index in [1.165, 1.54) is 18.3 Å². The van der Waals surface area contributed by atoms with Crippen LogP contribution in [0.3, 0.4) is 0 Å². The molecule has 84 valence electrons. The molecule has 0 aliphatic rings. The molecular formula is C11H12FN3O. The molecule has 0 saturated heterocycles. The van der Waals surface area contributed by atoms with E-state index < -0.39 is 17.3 Å². The molecule has 16 heavy (non-hydrogen) atoms. The SMILES string of the molecule is CC(C)(C#N)CNC(=O)c1cccnc1F. The van der Waals surface area contributed by atoms with Gasteiger partial charge in [-0.3, -0.25) is 4.79 Å². The molecule has 0 unspecified atom stereocenters. The number of carbonyl (C=O) groups is 1. The van der Waals surface area contributed by atoms with E-state index in [1.54, 1.807) is 13.8 Å². The van der Waals surface area contributed by atoms with Crippen molar-refractivity contribution in [1.82, 2.24) is 10.3 Å². The zero-order chi connectivity index (χ0) is 12.2. The molecule has 0 bridgehead atoms. The van der Waals surface area contributed by atoms with Crippen molar-refractivity contribution < 1.29 is 9.18 Å². The van der Waals surface area contributed by atoms with Gasteiger partial charge in [0.15, 0.2) is 0 Å². The van der Waals surface area contributed by atoms with Gasteiger partial charge in [-0.2, -0.15) is 9.65 Å². The summed E-state index contributed by atoms with van der Waals surface area (Å²) < 4.78 is 13.1. The van der Waals surface area contributed by atoms with Crippen molar-refractivity contribution in [3.8, 4) is 6.07 Å². The van der Waals surface area contributed by atoms with Crippen molar-refractivity contribution in [3.63, 3.8) is 0 Å². The number of nitrogens with zero attached hydrogens (tertiary/aromatic N) is 2. The number of hydrogen-bond acceptors (Lipinski definition) is 3. The van der Waals surface area contributed by atoms with Crippen LogP contribution in [0.1, 0.15) is 24.2 Å². The molecule has 1 heterocycles. The lowest BCUT2D eigenvalue weighted by molar-refractivity contribution is 0.0938. The number of hydrogen-bond donors (Lipinski definition) is 1. The molecule has 0 fully saturated rings. The Kier molecular flexibility index (Phi) is 3.56. The van der Waals surface area contributed by atoms with Gasteiger partial charge in [-0.1, -0.05) is 0 Å². The van der Waals surface area contributed by atoms with Crippen LogP contribution in [0.25, 0.3) is 0 Å². The predicted molar refractivity (Wildman–Crippen MR) is 55.9 cm³/mol. The van der Waals surface area contributed by atoms with Gasteiger partial charge in [0.05, 0.1) is 17.0 Å². The van der Waals surface area contributed by atoms with Gasteiger partial charge in [0, 0.05) is 12.7 Å². The summed E-state index contributed by atoms with van der Waals surface area (Å²) in [5.74, 6) is -1.37. The molecule has 0 saturated carbocycles. The van der Waals surface area contributed by atoms with Crippen molar-refractivity contribution in [2.75, 3.05) is 6.54 Å². The smallest absolute Gasteiger partial charge is 0.255 e. The first kappa shape index (κ1) is 12.1. The Morgan fingerprint density at radius 1 is 1.69 bits per heavy atom. The van der Waals surface area contributed by atoms with E-state index in [0.29, 0.717) is 0 Å². The van der Waals surface area contributed by atoms with E-state index in [4.69, 9.17) is 5.26 Å². The highest BCUT2D eigenvalue weighted by Crippen LogP contribution is 2.11. The maximum absolute atomic E-state index is 13.1. The first-order valence-electron chi connectivity index (χ1n) is 4.76. The second-order valence-electron chi connectivity index (χ2n) is 4.02. The summed E-state index contributed by atoms with van der Waals surface area (Å²) in [7, 11) is 0. The number of carbonyl (C=O) groups excluding carboxylic acids is 1. The number of halogens is 1. The first-order chi connectivity index (χ1) is 7.46. The highest BCUT2D eigenvalue weighted by atomic mass is 19.1. The van der Waals surface area contributed by atoms with Crippen LogP contribution in [0.4, 0.5) is 4.39 Å². The molecule has 0 radical (unpaired) electrons. The molecule has 1 N–H and O–H groups in total. The van der Waals surface area contributed by atoms with Gasteiger partial charge >= 0.3 is 0 Å². The largest absolute Gasteiger partial charge is 0.350 e. The molecule has 0 aliphatic carbocycles. The summed E-state index contributed by atoms with van der Waals surface area (Å²) in [6, 6.07) is 4.86. The highest BCUT2D eigenvalue weighted by Gasteiger charge is 2.19. The fourth-order valence-corrected chi connectivity index (χ4v) is 0.991. The standard InChI is InChI=1S/C11H12FN3O/c1-11(2,6-13)7-15-10(16)8-4-3-5-14-9(8)12/h3-5H,7H2,1-2H3,(H,15,16). The topological polar surface area (TPSA) is 65.8 Å². The van der Waals surface area contributed by atoms with Crippen LogP contribution in [0.5, 0.6) is 0 Å². The summed E-state index contributed by atoms with van der Waals surface area (Å²) in [6.45, 7) is 3.54. The van der Waals surface area contributed by atoms with Crippen LogP contribution in [-0.2, 0) is 0 Å². The summed E-state index contributed by atoms with van der Waals surface area (Å²) >= 11 is 0. The molecule has 4 nitrogen and oxygen atoms in total. The van der Waals surface area contributed by atoms with Gasteiger partial charge in [-0.05, 0) is 26.0 Å². The molecular weight excluding hydrogens is 209 g/mol. The fraction of sp³-hybridized carbons (Fsp3) is 0.364. The first-order valence-corrected chi connectivity index (χ1v) is 4.76. The van der Waals surface area contributed by atoms with Crippen LogP contribution < -0.4 is 5.32 Å². The Balaban J connectivity index is 2.68. The van der Waals surface area contributed by atoms with Crippen LogP contribution in [-0.4, -0.2) is 17.4 Å². The summed E-state index contributed by atoms with van der Waals surface area (Å²) in [5, 5.41) is 11.2. The molecule has 0 spiro atoms. The van der Waals surface area contributed by atoms with Crippen LogP contribution in [0.15, 0.2) is 18.3 Å². The van der Waals surface area contributed by atoms with Crippen molar-refractivity contribution in [3.05, 3.63) is 29.8 Å². The molecule has 0 atom stereocenters. The van der Waals surface area contributed by atoms with E-state index >= 15 is 0 Å². The highest BCUT2D eigenvalue weighted by molar-refractivity contribution is 5.94. The van der Waals surface area contributed by atoms with Crippen LogP contribution in [0, 0.1) is 22.7 Å². The maximum atomic E-state index is 13.1. The normalized spacial score (nSPS) is 10.6. The zero-order valence-electron chi connectivity index (χ0n) is 9.12. The minimum absolute atomic E-state index is 0.115. The Morgan fingerprint density at radius 2 is 2.38 bits per heavy atom. The number of rotatable bonds is 3. The fourth-order valence-electron chi connectivity index (χ4n) is 0.991. The van der Waals surface area contributed by atoms with Gasteiger partial charge in [0.1, 0.15) is 0 Å². The molecule has 1 aromatic heterocycles. The minimum atomic E-state index is -0.810. The van der Waals surface area contributed by atoms with Crippen LogP contribution >= 0.6 is 0 Å². The second kappa shape index (κ2) is 4.71. The third kappa shape index (κ3) is 3.02. The number of nitrogens with one attached hydrogen (secondary N) is 1. The molecule has 1 aromatic rings. The van der Waals surface area contributed by atoms with Gasteiger partial charge in [0.2, 0.25) is 5.95 Å². The van der Waals surface area contributed by atoms with E-state index in [9.17, 15) is 9.18 Å². The maximum Gasteiger partial charge on any atom is 0.255 e.